The quantitative estimate of drug-likeness (QED) is 0.727. The average molecular weight is 220 g/mol. The lowest BCUT2D eigenvalue weighted by atomic mass is 10.1. The molecule has 0 aliphatic carbocycles. The Morgan fingerprint density at radius 3 is 3.12 bits per heavy atom. The Balaban J connectivity index is 1.96. The minimum atomic E-state index is 0.113. The van der Waals surface area contributed by atoms with E-state index in [0.717, 1.165) is 24.3 Å². The largest absolute Gasteiger partial charge is 0.392 e. The van der Waals surface area contributed by atoms with Gasteiger partial charge < -0.3 is 15.7 Å². The van der Waals surface area contributed by atoms with Crippen LogP contribution in [0.25, 0.3) is 0 Å². The fourth-order valence-corrected chi connectivity index (χ4v) is 2.16. The summed E-state index contributed by atoms with van der Waals surface area (Å²) < 4.78 is 0. The number of hydrogen-bond acceptors (Lipinski definition) is 3. The first kappa shape index (κ1) is 11.4. The summed E-state index contributed by atoms with van der Waals surface area (Å²) in [6.07, 6.45) is 3.62. The second-order valence-corrected chi connectivity index (χ2v) is 4.38. The van der Waals surface area contributed by atoms with E-state index in [1.807, 2.05) is 18.2 Å². The molecule has 1 heterocycles. The van der Waals surface area contributed by atoms with Gasteiger partial charge in [0, 0.05) is 11.7 Å². The van der Waals surface area contributed by atoms with Gasteiger partial charge >= 0.3 is 0 Å². The van der Waals surface area contributed by atoms with Gasteiger partial charge in [-0.3, -0.25) is 0 Å². The molecule has 16 heavy (non-hydrogen) atoms. The summed E-state index contributed by atoms with van der Waals surface area (Å²) in [7, 11) is 0. The van der Waals surface area contributed by atoms with E-state index in [-0.39, 0.29) is 6.61 Å². The van der Waals surface area contributed by atoms with Gasteiger partial charge in [-0.25, -0.2) is 0 Å². The van der Waals surface area contributed by atoms with Crippen molar-refractivity contribution >= 4 is 5.69 Å². The molecule has 1 aliphatic heterocycles. The van der Waals surface area contributed by atoms with Crippen molar-refractivity contribution in [3.05, 3.63) is 29.8 Å². The lowest BCUT2D eigenvalue weighted by Gasteiger charge is -2.17. The molecule has 1 fully saturated rings. The topological polar surface area (TPSA) is 44.3 Å². The minimum absolute atomic E-state index is 0.113. The van der Waals surface area contributed by atoms with Gasteiger partial charge in [0.15, 0.2) is 0 Å². The maximum Gasteiger partial charge on any atom is 0.0682 e. The Bertz CT molecular complexity index is 319. The first-order valence-electron chi connectivity index (χ1n) is 6.05. The van der Waals surface area contributed by atoms with E-state index >= 15 is 0 Å². The van der Waals surface area contributed by atoms with E-state index in [2.05, 4.69) is 16.7 Å². The Morgan fingerprint density at radius 2 is 2.25 bits per heavy atom. The predicted molar refractivity (Wildman–Crippen MR) is 66.5 cm³/mol. The Kier molecular flexibility index (Phi) is 4.19. The molecule has 1 aromatic rings. The van der Waals surface area contributed by atoms with E-state index < -0.39 is 0 Å². The summed E-state index contributed by atoms with van der Waals surface area (Å²) in [5.74, 6) is 0. The van der Waals surface area contributed by atoms with Gasteiger partial charge in [-0.15, -0.1) is 0 Å². The highest BCUT2D eigenvalue weighted by molar-refractivity contribution is 5.46. The van der Waals surface area contributed by atoms with Gasteiger partial charge in [-0.1, -0.05) is 12.1 Å². The number of aliphatic hydroxyl groups excluding tert-OH is 1. The van der Waals surface area contributed by atoms with Crippen LogP contribution < -0.4 is 10.6 Å². The van der Waals surface area contributed by atoms with E-state index in [1.165, 1.54) is 19.3 Å². The molecular weight excluding hydrogens is 200 g/mol. The van der Waals surface area contributed by atoms with Crippen molar-refractivity contribution in [1.29, 1.82) is 0 Å². The Labute approximate surface area is 96.9 Å². The maximum absolute atomic E-state index is 9.08. The van der Waals surface area contributed by atoms with Gasteiger partial charge in [-0.2, -0.15) is 0 Å². The predicted octanol–water partition coefficient (Wildman–Crippen LogP) is 1.73. The van der Waals surface area contributed by atoms with Crippen LogP contribution in [0.2, 0.25) is 0 Å². The highest BCUT2D eigenvalue weighted by Crippen LogP contribution is 2.15. The van der Waals surface area contributed by atoms with Crippen LogP contribution in [0.1, 0.15) is 24.8 Å². The molecule has 88 valence electrons. The summed E-state index contributed by atoms with van der Waals surface area (Å²) in [5, 5.41) is 16.0. The lowest BCUT2D eigenvalue weighted by Crippen LogP contribution is -2.21. The van der Waals surface area contributed by atoms with E-state index in [4.69, 9.17) is 5.11 Å². The molecular formula is C13H20N2O. The lowest BCUT2D eigenvalue weighted by molar-refractivity contribution is 0.282. The zero-order valence-electron chi connectivity index (χ0n) is 9.58. The fraction of sp³-hybridized carbons (Fsp3) is 0.538. The third-order valence-electron chi connectivity index (χ3n) is 3.06. The average Bonchev–Trinajstić information content (AvgIpc) is 2.58. The Morgan fingerprint density at radius 1 is 1.31 bits per heavy atom. The summed E-state index contributed by atoms with van der Waals surface area (Å²) in [5.41, 5.74) is 2.09. The van der Waals surface area contributed by atoms with E-state index in [0.29, 0.717) is 6.04 Å². The number of aliphatic hydroxyl groups is 1. The van der Waals surface area contributed by atoms with Crippen LogP contribution in [0, 0.1) is 0 Å². The fourth-order valence-electron chi connectivity index (χ4n) is 2.16. The zero-order chi connectivity index (χ0) is 11.2. The molecule has 0 amide bonds. The molecule has 2 rings (SSSR count). The van der Waals surface area contributed by atoms with Gasteiger partial charge in [0.05, 0.1) is 6.61 Å². The second kappa shape index (κ2) is 5.87. The van der Waals surface area contributed by atoms with Crippen molar-refractivity contribution in [3.63, 3.8) is 0 Å². The van der Waals surface area contributed by atoms with E-state index in [9.17, 15) is 0 Å². The summed E-state index contributed by atoms with van der Waals surface area (Å²) in [4.78, 5) is 0. The third kappa shape index (κ3) is 3.22. The van der Waals surface area contributed by atoms with Crippen LogP contribution in [-0.4, -0.2) is 24.2 Å². The van der Waals surface area contributed by atoms with Crippen molar-refractivity contribution in [2.75, 3.05) is 18.4 Å². The van der Waals surface area contributed by atoms with Crippen LogP contribution in [0.5, 0.6) is 0 Å². The van der Waals surface area contributed by atoms with Gasteiger partial charge in [0.25, 0.3) is 0 Å². The summed E-state index contributed by atoms with van der Waals surface area (Å²) in [6.45, 7) is 2.34. The van der Waals surface area contributed by atoms with Crippen molar-refractivity contribution in [1.82, 2.24) is 5.32 Å². The van der Waals surface area contributed by atoms with Crippen LogP contribution in [-0.2, 0) is 6.61 Å². The van der Waals surface area contributed by atoms with Crippen molar-refractivity contribution in [2.45, 2.75) is 31.9 Å². The molecule has 1 saturated heterocycles. The molecule has 3 nitrogen and oxygen atoms in total. The molecule has 0 bridgehead atoms. The van der Waals surface area contributed by atoms with Crippen LogP contribution in [0.4, 0.5) is 5.69 Å². The molecule has 0 spiro atoms. The third-order valence-corrected chi connectivity index (χ3v) is 3.06. The van der Waals surface area contributed by atoms with Crippen LogP contribution in [0.15, 0.2) is 24.3 Å². The molecule has 0 radical (unpaired) electrons. The van der Waals surface area contributed by atoms with Crippen LogP contribution >= 0.6 is 0 Å². The number of nitrogens with one attached hydrogen (secondary N) is 2. The molecule has 3 N–H and O–H groups in total. The molecule has 1 atom stereocenters. The molecule has 3 heteroatoms. The minimum Gasteiger partial charge on any atom is -0.392 e. The van der Waals surface area contributed by atoms with E-state index in [1.54, 1.807) is 0 Å². The van der Waals surface area contributed by atoms with Crippen molar-refractivity contribution in [3.8, 4) is 0 Å². The monoisotopic (exact) mass is 220 g/mol. The molecule has 1 unspecified atom stereocenters. The smallest absolute Gasteiger partial charge is 0.0682 e. The summed E-state index contributed by atoms with van der Waals surface area (Å²) in [6, 6.07) is 8.59. The normalized spacial score (nSPS) is 21.4. The number of hydrogen-bond donors (Lipinski definition) is 3. The summed E-state index contributed by atoms with van der Waals surface area (Å²) >= 11 is 0. The molecule has 0 saturated carbocycles. The standard InChI is InChI=1S/C13H20N2O/c16-10-11-3-1-4-13(9-11)15-12-5-2-7-14-8-6-12/h1,3-4,9,12,14-16H,2,5-8,10H2. The maximum atomic E-state index is 9.08. The first-order valence-corrected chi connectivity index (χ1v) is 6.05. The highest BCUT2D eigenvalue weighted by atomic mass is 16.3. The highest BCUT2D eigenvalue weighted by Gasteiger charge is 2.11. The number of anilines is 1. The number of rotatable bonds is 3. The molecule has 1 aromatic carbocycles. The first-order chi connectivity index (χ1) is 7.88. The van der Waals surface area contributed by atoms with Gasteiger partial charge in [-0.05, 0) is 50.0 Å². The van der Waals surface area contributed by atoms with Crippen LogP contribution in [0.3, 0.4) is 0 Å². The Hall–Kier alpha value is -1.06. The molecule has 0 aromatic heterocycles. The SMILES string of the molecule is OCc1cccc(NC2CCCNCC2)c1. The number of benzene rings is 1. The van der Waals surface area contributed by atoms with Crippen molar-refractivity contribution in [2.24, 2.45) is 0 Å². The van der Waals surface area contributed by atoms with Crippen molar-refractivity contribution < 1.29 is 5.11 Å². The van der Waals surface area contributed by atoms with Gasteiger partial charge in [0.1, 0.15) is 0 Å². The van der Waals surface area contributed by atoms with Gasteiger partial charge in [0.2, 0.25) is 0 Å². The zero-order valence-corrected chi connectivity index (χ0v) is 9.58. The molecule has 1 aliphatic rings. The second-order valence-electron chi connectivity index (χ2n) is 4.38.